The highest BCUT2D eigenvalue weighted by molar-refractivity contribution is 14.2. The van der Waals surface area contributed by atoms with Crippen molar-refractivity contribution in [3.63, 3.8) is 0 Å². The van der Waals surface area contributed by atoms with E-state index in [0.29, 0.717) is 22.6 Å². The van der Waals surface area contributed by atoms with E-state index in [-0.39, 0.29) is 5.43 Å². The summed E-state index contributed by atoms with van der Waals surface area (Å²) >= 11 is 2.11. The molecule has 0 amide bonds. The van der Waals surface area contributed by atoms with Gasteiger partial charge in [0.1, 0.15) is 5.65 Å². The van der Waals surface area contributed by atoms with Crippen LogP contribution in [0.4, 0.5) is 5.69 Å². The molecule has 0 saturated heterocycles. The van der Waals surface area contributed by atoms with Crippen molar-refractivity contribution in [1.29, 1.82) is 0 Å². The van der Waals surface area contributed by atoms with Crippen molar-refractivity contribution in [2.45, 2.75) is 46.2 Å². The first kappa shape index (κ1) is 21.7. The standard InChI is InChI=1S/C21H18IN3OS.C2H6/c1-2-25-13-16(7-8-27-22)20(26)19-11-18(12-23-21(19)25)24-17-9-14-5-3-4-6-15(14)10-17;1-2/h3-6,11-13,17,24H,2,9-10H2,1H3;1-2H3. The fourth-order valence-electron chi connectivity index (χ4n) is 3.65. The quantitative estimate of drug-likeness (QED) is 0.373. The SMILES string of the molecule is CC.CCn1cc(C#CSI)c(=O)c2cc(NC3Cc4ccccc4C3)cnc21. The third-order valence-electron chi connectivity index (χ3n) is 4.90. The van der Waals surface area contributed by atoms with Crippen LogP contribution in [0.2, 0.25) is 0 Å². The molecule has 1 aromatic carbocycles. The maximum atomic E-state index is 12.9. The summed E-state index contributed by atoms with van der Waals surface area (Å²) in [4.78, 5) is 17.4. The fourth-order valence-corrected chi connectivity index (χ4v) is 4.13. The van der Waals surface area contributed by atoms with E-state index in [0.717, 1.165) is 25.1 Å². The van der Waals surface area contributed by atoms with Crippen LogP contribution in [0.5, 0.6) is 0 Å². The molecule has 3 aromatic rings. The van der Waals surface area contributed by atoms with E-state index in [4.69, 9.17) is 0 Å². The Morgan fingerprint density at radius 2 is 1.97 bits per heavy atom. The van der Waals surface area contributed by atoms with E-state index in [1.54, 1.807) is 6.20 Å². The van der Waals surface area contributed by atoms with Crippen molar-refractivity contribution >= 4 is 46.9 Å². The van der Waals surface area contributed by atoms with Gasteiger partial charge in [-0.25, -0.2) is 4.98 Å². The average molecular weight is 517 g/mol. The molecular formula is C23H24IN3OS. The molecule has 1 N–H and O–H groups in total. The van der Waals surface area contributed by atoms with Gasteiger partial charge >= 0.3 is 0 Å². The van der Waals surface area contributed by atoms with Crippen molar-refractivity contribution in [2.75, 3.05) is 5.32 Å². The second-order valence-electron chi connectivity index (χ2n) is 6.58. The zero-order valence-electron chi connectivity index (χ0n) is 16.8. The number of aryl methyl sites for hydroxylation is 1. The van der Waals surface area contributed by atoms with Gasteiger partial charge in [0, 0.05) is 40.0 Å². The molecule has 2 heterocycles. The van der Waals surface area contributed by atoms with Gasteiger partial charge < -0.3 is 9.88 Å². The van der Waals surface area contributed by atoms with E-state index in [1.807, 2.05) is 37.6 Å². The van der Waals surface area contributed by atoms with Crippen LogP contribution < -0.4 is 10.7 Å². The lowest BCUT2D eigenvalue weighted by Gasteiger charge is -2.15. The highest BCUT2D eigenvalue weighted by Crippen LogP contribution is 2.25. The van der Waals surface area contributed by atoms with Crippen LogP contribution in [-0.2, 0) is 19.4 Å². The maximum absolute atomic E-state index is 12.9. The zero-order chi connectivity index (χ0) is 20.8. The molecule has 2 aromatic heterocycles. The second kappa shape index (κ2) is 10.2. The molecule has 0 bridgehead atoms. The van der Waals surface area contributed by atoms with Crippen molar-refractivity contribution in [3.05, 3.63) is 69.6 Å². The van der Waals surface area contributed by atoms with Crippen molar-refractivity contribution in [2.24, 2.45) is 0 Å². The molecule has 0 fully saturated rings. The molecular weight excluding hydrogens is 493 g/mol. The van der Waals surface area contributed by atoms with Gasteiger partial charge in [0.25, 0.3) is 0 Å². The monoisotopic (exact) mass is 517 g/mol. The number of rotatable bonds is 3. The van der Waals surface area contributed by atoms with Crippen LogP contribution in [0.1, 0.15) is 37.5 Å². The number of nitrogens with one attached hydrogen (secondary N) is 1. The number of hydrogen-bond acceptors (Lipinski definition) is 4. The van der Waals surface area contributed by atoms with Gasteiger partial charge in [-0.3, -0.25) is 4.79 Å². The average Bonchev–Trinajstić information content (AvgIpc) is 3.17. The zero-order valence-corrected chi connectivity index (χ0v) is 19.8. The van der Waals surface area contributed by atoms with Gasteiger partial charge in [-0.05, 0) is 57.1 Å². The van der Waals surface area contributed by atoms with Gasteiger partial charge in [-0.1, -0.05) is 38.1 Å². The predicted molar refractivity (Wildman–Crippen MR) is 133 cm³/mol. The van der Waals surface area contributed by atoms with Gasteiger partial charge in [0.2, 0.25) is 5.43 Å². The number of halogens is 1. The van der Waals surface area contributed by atoms with E-state index in [2.05, 4.69) is 66.9 Å². The lowest BCUT2D eigenvalue weighted by atomic mass is 10.1. The third-order valence-corrected chi connectivity index (χ3v) is 5.74. The van der Waals surface area contributed by atoms with E-state index in [9.17, 15) is 4.79 Å². The van der Waals surface area contributed by atoms with Crippen molar-refractivity contribution < 1.29 is 0 Å². The third kappa shape index (κ3) is 4.78. The molecule has 150 valence electrons. The Bertz CT molecular complexity index is 1110. The van der Waals surface area contributed by atoms with Crippen LogP contribution in [0.25, 0.3) is 11.0 Å². The molecule has 1 aliphatic carbocycles. The summed E-state index contributed by atoms with van der Waals surface area (Å²) in [5.74, 6) is 2.96. The molecule has 0 saturated carbocycles. The molecule has 29 heavy (non-hydrogen) atoms. The van der Waals surface area contributed by atoms with Gasteiger partial charge in [-0.2, -0.15) is 0 Å². The summed E-state index contributed by atoms with van der Waals surface area (Å²) in [7, 11) is 1.38. The Labute approximate surface area is 188 Å². The van der Waals surface area contributed by atoms with Crippen LogP contribution in [0.15, 0.2) is 47.5 Å². The van der Waals surface area contributed by atoms with Crippen LogP contribution in [0.3, 0.4) is 0 Å². The number of anilines is 1. The number of nitrogens with zero attached hydrogens (tertiary/aromatic N) is 2. The molecule has 0 radical (unpaired) electrons. The fraction of sp³-hybridized carbons (Fsp3) is 0.304. The topological polar surface area (TPSA) is 46.9 Å². The van der Waals surface area contributed by atoms with Crippen LogP contribution in [0, 0.1) is 11.2 Å². The van der Waals surface area contributed by atoms with E-state index >= 15 is 0 Å². The van der Waals surface area contributed by atoms with Crippen LogP contribution in [-0.4, -0.2) is 15.6 Å². The molecule has 1 aliphatic rings. The number of hydrogen-bond donors (Lipinski definition) is 1. The van der Waals surface area contributed by atoms with Gasteiger partial charge in [0.15, 0.2) is 0 Å². The summed E-state index contributed by atoms with van der Waals surface area (Å²) in [6.45, 7) is 6.78. The van der Waals surface area contributed by atoms with Gasteiger partial charge in [-0.15, -0.1) is 0 Å². The highest BCUT2D eigenvalue weighted by atomic mass is 127. The summed E-state index contributed by atoms with van der Waals surface area (Å²) < 4.78 is 1.98. The van der Waals surface area contributed by atoms with Crippen molar-refractivity contribution in [3.8, 4) is 11.2 Å². The first-order chi connectivity index (χ1) is 14.2. The molecule has 6 heteroatoms. The Morgan fingerprint density at radius 1 is 1.28 bits per heavy atom. The second-order valence-corrected chi connectivity index (χ2v) is 8.26. The predicted octanol–water partition coefficient (Wildman–Crippen LogP) is 5.41. The summed E-state index contributed by atoms with van der Waals surface area (Å²) in [6.07, 6.45) is 5.61. The molecule has 0 atom stereocenters. The largest absolute Gasteiger partial charge is 0.380 e. The molecule has 0 aliphatic heterocycles. The summed E-state index contributed by atoms with van der Waals surface area (Å²) in [5.41, 5.74) is 4.83. The minimum Gasteiger partial charge on any atom is -0.380 e. The number of aromatic nitrogens is 2. The van der Waals surface area contributed by atoms with Crippen molar-refractivity contribution in [1.82, 2.24) is 9.55 Å². The summed E-state index contributed by atoms with van der Waals surface area (Å²) in [6, 6.07) is 10.8. The Morgan fingerprint density at radius 3 is 2.59 bits per heavy atom. The number of pyridine rings is 2. The Kier molecular flexibility index (Phi) is 7.62. The van der Waals surface area contributed by atoms with E-state index < -0.39 is 0 Å². The summed E-state index contributed by atoms with van der Waals surface area (Å²) in [5, 5.41) is 7.08. The highest BCUT2D eigenvalue weighted by Gasteiger charge is 2.21. The van der Waals surface area contributed by atoms with E-state index in [1.165, 1.54) is 20.1 Å². The smallest absolute Gasteiger partial charge is 0.206 e. The number of benzene rings is 1. The first-order valence-corrected chi connectivity index (χ1v) is 13.2. The lowest BCUT2D eigenvalue weighted by Crippen LogP contribution is -2.20. The normalized spacial score (nSPS) is 12.6. The van der Waals surface area contributed by atoms with Gasteiger partial charge in [0.05, 0.1) is 22.8 Å². The molecule has 4 rings (SSSR count). The Balaban J connectivity index is 0.00000117. The van der Waals surface area contributed by atoms with Crippen LogP contribution >= 0.6 is 30.1 Å². The Hall–Kier alpha value is -1.98. The number of fused-ring (bicyclic) bond motifs is 2. The minimum absolute atomic E-state index is 0.0569. The lowest BCUT2D eigenvalue weighted by molar-refractivity contribution is 0.768. The first-order valence-electron chi connectivity index (χ1n) is 9.84. The maximum Gasteiger partial charge on any atom is 0.206 e. The molecule has 4 nitrogen and oxygen atoms in total. The molecule has 0 unspecified atom stereocenters. The minimum atomic E-state index is -0.0569. The molecule has 0 spiro atoms.